The van der Waals surface area contributed by atoms with Crippen molar-refractivity contribution >= 4 is 5.82 Å². The zero-order chi connectivity index (χ0) is 23.2. The van der Waals surface area contributed by atoms with E-state index in [9.17, 15) is 13.2 Å². The molecular weight excluding hydrogens is 429 g/mol. The van der Waals surface area contributed by atoms with Crippen LogP contribution < -0.4 is 5.32 Å². The van der Waals surface area contributed by atoms with Gasteiger partial charge in [0.05, 0.1) is 12.3 Å². The summed E-state index contributed by atoms with van der Waals surface area (Å²) in [5, 5.41) is 11.3. The van der Waals surface area contributed by atoms with Gasteiger partial charge >= 0.3 is 6.18 Å². The molecule has 3 heterocycles. The fourth-order valence-electron chi connectivity index (χ4n) is 5.81. The number of nitrogens with one attached hydrogen (secondary N) is 1. The summed E-state index contributed by atoms with van der Waals surface area (Å²) in [7, 11) is 0. The highest BCUT2D eigenvalue weighted by Crippen LogP contribution is 2.42. The molecule has 2 aromatic rings. The predicted molar refractivity (Wildman–Crippen MR) is 121 cm³/mol. The highest BCUT2D eigenvalue weighted by molar-refractivity contribution is 5.66. The van der Waals surface area contributed by atoms with E-state index < -0.39 is 11.7 Å². The molecule has 5 nitrogen and oxygen atoms in total. The lowest BCUT2D eigenvalue weighted by Gasteiger charge is -2.23. The molecule has 1 unspecified atom stereocenters. The van der Waals surface area contributed by atoms with E-state index in [4.69, 9.17) is 4.74 Å². The minimum absolute atomic E-state index is 0.00100. The Labute approximate surface area is 192 Å². The largest absolute Gasteiger partial charge is 0.420 e. The van der Waals surface area contributed by atoms with Crippen molar-refractivity contribution < 1.29 is 17.9 Å². The van der Waals surface area contributed by atoms with Crippen molar-refractivity contribution in [3.05, 3.63) is 41.0 Å². The van der Waals surface area contributed by atoms with Gasteiger partial charge in [-0.25, -0.2) is 0 Å². The third-order valence-corrected chi connectivity index (χ3v) is 7.48. The van der Waals surface area contributed by atoms with Crippen molar-refractivity contribution in [1.29, 1.82) is 0 Å². The van der Waals surface area contributed by atoms with Gasteiger partial charge in [-0.05, 0) is 68.6 Å². The summed E-state index contributed by atoms with van der Waals surface area (Å²) < 4.78 is 47.3. The number of anilines is 1. The Morgan fingerprint density at radius 1 is 1.09 bits per heavy atom. The Bertz CT molecular complexity index is 992. The van der Waals surface area contributed by atoms with Crippen molar-refractivity contribution in [3.8, 4) is 11.3 Å². The summed E-state index contributed by atoms with van der Waals surface area (Å²) in [5.74, 6) is 1.53. The smallest absolute Gasteiger partial charge is 0.381 e. The summed E-state index contributed by atoms with van der Waals surface area (Å²) in [6.45, 7) is 8.64. The zero-order valence-corrected chi connectivity index (χ0v) is 19.2. The van der Waals surface area contributed by atoms with Gasteiger partial charge in [0, 0.05) is 37.8 Å². The van der Waals surface area contributed by atoms with Crippen LogP contribution in [-0.4, -0.2) is 54.0 Å². The Kier molecular flexibility index (Phi) is 6.07. The maximum Gasteiger partial charge on any atom is 0.420 e. The molecule has 3 fully saturated rings. The third kappa shape index (κ3) is 4.87. The molecule has 5 rings (SSSR count). The summed E-state index contributed by atoms with van der Waals surface area (Å²) in [4.78, 5) is 2.52. The number of alkyl halides is 3. The molecule has 1 aromatic heterocycles. The maximum atomic E-state index is 13.9. The Hall–Kier alpha value is -2.19. The average molecular weight is 461 g/mol. The van der Waals surface area contributed by atoms with Crippen LogP contribution in [0.3, 0.4) is 0 Å². The molecule has 2 saturated heterocycles. The molecule has 1 N–H and O–H groups in total. The first-order chi connectivity index (χ1) is 15.8. The first-order valence-corrected chi connectivity index (χ1v) is 11.9. The van der Waals surface area contributed by atoms with Gasteiger partial charge in [-0.15, -0.1) is 10.2 Å². The van der Waals surface area contributed by atoms with E-state index in [0.29, 0.717) is 23.3 Å². The number of halogens is 3. The van der Waals surface area contributed by atoms with E-state index in [2.05, 4.69) is 20.4 Å². The number of aryl methyl sites for hydroxylation is 2. The summed E-state index contributed by atoms with van der Waals surface area (Å²) in [6.07, 6.45) is -1.62. The minimum Gasteiger partial charge on any atom is -0.381 e. The van der Waals surface area contributed by atoms with Crippen LogP contribution in [0.1, 0.15) is 36.0 Å². The number of hydrogen-bond acceptors (Lipinski definition) is 5. The predicted octanol–water partition coefficient (Wildman–Crippen LogP) is 4.94. The normalized spacial score (nSPS) is 27.8. The highest BCUT2D eigenvalue weighted by Gasteiger charge is 2.43. The fourth-order valence-corrected chi connectivity index (χ4v) is 5.81. The van der Waals surface area contributed by atoms with Crippen LogP contribution in [0.2, 0.25) is 0 Å². The lowest BCUT2D eigenvalue weighted by molar-refractivity contribution is -0.137. The molecule has 3 aliphatic rings. The molecule has 0 spiro atoms. The Balaban J connectivity index is 1.29. The van der Waals surface area contributed by atoms with E-state index in [1.807, 2.05) is 32.0 Å². The molecule has 8 heteroatoms. The monoisotopic (exact) mass is 460 g/mol. The molecular formula is C25H31F3N4O. The van der Waals surface area contributed by atoms with Gasteiger partial charge in [0.15, 0.2) is 5.82 Å². The number of ether oxygens (including phenoxy) is 1. The van der Waals surface area contributed by atoms with E-state index in [-0.39, 0.29) is 17.6 Å². The van der Waals surface area contributed by atoms with Crippen LogP contribution in [-0.2, 0) is 10.9 Å². The van der Waals surface area contributed by atoms with Gasteiger partial charge in [-0.3, -0.25) is 0 Å². The van der Waals surface area contributed by atoms with Crippen molar-refractivity contribution in [2.75, 3.05) is 38.2 Å². The van der Waals surface area contributed by atoms with E-state index in [1.165, 1.54) is 0 Å². The van der Waals surface area contributed by atoms with Gasteiger partial charge in [0.2, 0.25) is 0 Å². The van der Waals surface area contributed by atoms with Gasteiger partial charge < -0.3 is 15.0 Å². The van der Waals surface area contributed by atoms with Crippen LogP contribution in [0.15, 0.2) is 24.3 Å². The standard InChI is InChI=1S/C25H31F3N4O/c1-15-3-4-16(2)21(7-15)23-10-22(25(26,27)28)24(31-30-23)29-20-8-18-12-32(13-19(18)9-20)11-17-5-6-33-14-17/h3-4,7,10,17-20H,5-6,8-9,11-14H2,1-2H3,(H,29,31)/t17-,18-,19+,20?/m1/s1. The summed E-state index contributed by atoms with van der Waals surface area (Å²) in [5.41, 5.74) is 2.04. The number of benzene rings is 1. The lowest BCUT2D eigenvalue weighted by Crippen LogP contribution is -2.30. The second-order valence-corrected chi connectivity index (χ2v) is 10.1. The summed E-state index contributed by atoms with van der Waals surface area (Å²) in [6, 6.07) is 6.82. The van der Waals surface area contributed by atoms with E-state index >= 15 is 0 Å². The molecule has 4 atom stereocenters. The molecule has 33 heavy (non-hydrogen) atoms. The topological polar surface area (TPSA) is 50.3 Å². The van der Waals surface area contributed by atoms with Crippen LogP contribution in [0.4, 0.5) is 19.0 Å². The van der Waals surface area contributed by atoms with Gasteiger partial charge in [-0.1, -0.05) is 17.7 Å². The van der Waals surface area contributed by atoms with Crippen LogP contribution in [0.5, 0.6) is 0 Å². The second-order valence-electron chi connectivity index (χ2n) is 10.1. The van der Waals surface area contributed by atoms with E-state index in [1.54, 1.807) is 0 Å². The fraction of sp³-hybridized carbons (Fsp3) is 0.600. The molecule has 2 aliphatic heterocycles. The number of nitrogens with zero attached hydrogens (tertiary/aromatic N) is 3. The molecule has 0 amide bonds. The third-order valence-electron chi connectivity index (χ3n) is 7.48. The first kappa shape index (κ1) is 22.6. The van der Waals surface area contributed by atoms with Crippen molar-refractivity contribution in [3.63, 3.8) is 0 Å². The number of fused-ring (bicyclic) bond motifs is 1. The van der Waals surface area contributed by atoms with Gasteiger partial charge in [0.25, 0.3) is 0 Å². The minimum atomic E-state index is -4.50. The van der Waals surface area contributed by atoms with E-state index in [0.717, 1.165) is 69.3 Å². The van der Waals surface area contributed by atoms with Crippen molar-refractivity contribution in [2.24, 2.45) is 17.8 Å². The highest BCUT2D eigenvalue weighted by atomic mass is 19.4. The molecule has 1 aliphatic carbocycles. The second kappa shape index (κ2) is 8.87. The SMILES string of the molecule is Cc1ccc(C)c(-c2cc(C(F)(F)F)c(NC3C[C@@H]4CN(C[C@H]5CCOC5)C[C@@H]4C3)nn2)c1. The average Bonchev–Trinajstić information content (AvgIpc) is 3.47. The quantitative estimate of drug-likeness (QED) is 0.685. The van der Waals surface area contributed by atoms with Crippen LogP contribution in [0, 0.1) is 31.6 Å². The molecule has 1 aromatic carbocycles. The molecule has 1 saturated carbocycles. The number of hydrogen-bond donors (Lipinski definition) is 1. The molecule has 178 valence electrons. The Morgan fingerprint density at radius 3 is 2.52 bits per heavy atom. The van der Waals surface area contributed by atoms with Crippen molar-refractivity contribution in [1.82, 2.24) is 15.1 Å². The van der Waals surface area contributed by atoms with Gasteiger partial charge in [-0.2, -0.15) is 13.2 Å². The van der Waals surface area contributed by atoms with Crippen molar-refractivity contribution in [2.45, 2.75) is 45.3 Å². The number of aromatic nitrogens is 2. The lowest BCUT2D eigenvalue weighted by atomic mass is 10.0. The first-order valence-electron chi connectivity index (χ1n) is 11.9. The number of likely N-dealkylation sites (tertiary alicyclic amines) is 1. The van der Waals surface area contributed by atoms with Gasteiger partial charge in [0.1, 0.15) is 5.56 Å². The zero-order valence-electron chi connectivity index (χ0n) is 19.2. The molecule has 0 radical (unpaired) electrons. The summed E-state index contributed by atoms with van der Waals surface area (Å²) >= 11 is 0. The van der Waals surface area contributed by atoms with Crippen LogP contribution >= 0.6 is 0 Å². The number of rotatable bonds is 5. The molecule has 0 bridgehead atoms. The Morgan fingerprint density at radius 2 is 1.85 bits per heavy atom. The van der Waals surface area contributed by atoms with Crippen LogP contribution in [0.25, 0.3) is 11.3 Å². The maximum absolute atomic E-state index is 13.9.